The molecule has 3 aromatic carbocycles. The van der Waals surface area contributed by atoms with Crippen LogP contribution < -0.4 is 14.8 Å². The van der Waals surface area contributed by atoms with Gasteiger partial charge < -0.3 is 14.8 Å². The third-order valence-corrected chi connectivity index (χ3v) is 4.50. The molecule has 1 unspecified atom stereocenters. The number of ether oxygens (including phenoxy) is 2. The van der Waals surface area contributed by atoms with Crippen LogP contribution in [0.3, 0.4) is 0 Å². The maximum absolute atomic E-state index is 12.5. The molecule has 0 bridgehead atoms. The van der Waals surface area contributed by atoms with Crippen LogP contribution in [0.1, 0.15) is 35.3 Å². The van der Waals surface area contributed by atoms with E-state index in [4.69, 9.17) is 9.47 Å². The van der Waals surface area contributed by atoms with Gasteiger partial charge >= 0.3 is 0 Å². The van der Waals surface area contributed by atoms with Crippen LogP contribution in [0, 0.1) is 0 Å². The Labute approximate surface area is 172 Å². The summed E-state index contributed by atoms with van der Waals surface area (Å²) in [6, 6.07) is 25.4. The summed E-state index contributed by atoms with van der Waals surface area (Å²) in [5.74, 6) is 1.45. The van der Waals surface area contributed by atoms with Crippen LogP contribution in [0.15, 0.2) is 78.9 Å². The van der Waals surface area contributed by atoms with Crippen molar-refractivity contribution in [3.05, 3.63) is 95.6 Å². The van der Waals surface area contributed by atoms with Gasteiger partial charge in [-0.1, -0.05) is 48.5 Å². The van der Waals surface area contributed by atoms with Gasteiger partial charge in [0.1, 0.15) is 18.1 Å². The van der Waals surface area contributed by atoms with Gasteiger partial charge in [-0.25, -0.2) is 0 Å². The maximum atomic E-state index is 12.5. The van der Waals surface area contributed by atoms with E-state index in [1.54, 1.807) is 12.1 Å². The van der Waals surface area contributed by atoms with Gasteiger partial charge in [0.2, 0.25) is 0 Å². The first-order valence-electron chi connectivity index (χ1n) is 9.93. The minimum Gasteiger partial charge on any atom is -0.494 e. The lowest BCUT2D eigenvalue weighted by atomic mass is 10.1. The highest BCUT2D eigenvalue weighted by molar-refractivity contribution is 5.94. The fourth-order valence-corrected chi connectivity index (χ4v) is 3.07. The van der Waals surface area contributed by atoms with Gasteiger partial charge in [-0.05, 0) is 61.7 Å². The summed E-state index contributed by atoms with van der Waals surface area (Å²) in [5, 5.41) is 3.05. The zero-order chi connectivity index (χ0) is 20.5. The Morgan fingerprint density at radius 3 is 2.34 bits per heavy atom. The summed E-state index contributed by atoms with van der Waals surface area (Å²) in [4.78, 5) is 12.5. The Morgan fingerprint density at radius 1 is 0.862 bits per heavy atom. The van der Waals surface area contributed by atoms with Crippen molar-refractivity contribution < 1.29 is 14.3 Å². The van der Waals surface area contributed by atoms with Gasteiger partial charge in [-0.15, -0.1) is 0 Å². The van der Waals surface area contributed by atoms with Crippen molar-refractivity contribution in [3.8, 4) is 11.5 Å². The molecule has 3 aromatic rings. The van der Waals surface area contributed by atoms with Crippen molar-refractivity contribution in [1.82, 2.24) is 5.32 Å². The summed E-state index contributed by atoms with van der Waals surface area (Å²) in [6.07, 6.45) is 0.746. The van der Waals surface area contributed by atoms with Crippen molar-refractivity contribution in [3.63, 3.8) is 0 Å². The molecule has 29 heavy (non-hydrogen) atoms. The Balaban J connectivity index is 1.50. The summed E-state index contributed by atoms with van der Waals surface area (Å²) in [7, 11) is 0. The molecule has 0 saturated heterocycles. The van der Waals surface area contributed by atoms with E-state index >= 15 is 0 Å². The van der Waals surface area contributed by atoms with E-state index in [9.17, 15) is 4.79 Å². The summed E-state index contributed by atoms with van der Waals surface area (Å²) in [6.45, 7) is 5.05. The first-order valence-corrected chi connectivity index (χ1v) is 9.93. The lowest BCUT2D eigenvalue weighted by Crippen LogP contribution is -2.34. The van der Waals surface area contributed by atoms with E-state index in [1.807, 2.05) is 80.6 Å². The molecule has 0 fully saturated rings. The number of carbonyl (C=O) groups is 1. The second kappa shape index (κ2) is 10.3. The zero-order valence-corrected chi connectivity index (χ0v) is 16.9. The molecule has 0 aliphatic carbocycles. The Kier molecular flexibility index (Phi) is 7.28. The van der Waals surface area contributed by atoms with Gasteiger partial charge in [0.15, 0.2) is 0 Å². The van der Waals surface area contributed by atoms with Gasteiger partial charge in [-0.3, -0.25) is 4.79 Å². The second-order valence-electron chi connectivity index (χ2n) is 6.96. The summed E-state index contributed by atoms with van der Waals surface area (Å²) >= 11 is 0. The smallest absolute Gasteiger partial charge is 0.251 e. The lowest BCUT2D eigenvalue weighted by molar-refractivity contribution is 0.0939. The molecule has 0 radical (unpaired) electrons. The molecule has 0 aliphatic heterocycles. The molecule has 0 saturated carbocycles. The van der Waals surface area contributed by atoms with Crippen molar-refractivity contribution in [2.75, 3.05) is 6.61 Å². The van der Waals surface area contributed by atoms with E-state index in [2.05, 4.69) is 5.32 Å². The number of nitrogens with one attached hydrogen (secondary N) is 1. The van der Waals surface area contributed by atoms with E-state index in [0.717, 1.165) is 23.3 Å². The molecule has 0 spiro atoms. The van der Waals surface area contributed by atoms with E-state index < -0.39 is 0 Å². The molecule has 4 heteroatoms. The predicted molar refractivity (Wildman–Crippen MR) is 115 cm³/mol. The molecule has 150 valence electrons. The van der Waals surface area contributed by atoms with Gasteiger partial charge in [0, 0.05) is 11.6 Å². The minimum atomic E-state index is -0.0955. The number of carbonyl (C=O) groups excluding carboxylic acids is 1. The normalized spacial score (nSPS) is 11.5. The number of hydrogen-bond acceptors (Lipinski definition) is 3. The standard InChI is InChI=1S/C25H27NO3/c1-3-28-24-11-7-10-22(17-24)25(27)26-19(2)16-20-12-14-23(15-13-20)29-18-21-8-5-4-6-9-21/h4-15,17,19H,3,16,18H2,1-2H3,(H,26,27). The molecule has 0 aromatic heterocycles. The average molecular weight is 389 g/mol. The van der Waals surface area contributed by atoms with Crippen LogP contribution in [0.25, 0.3) is 0 Å². The zero-order valence-electron chi connectivity index (χ0n) is 16.9. The molecule has 3 rings (SSSR count). The lowest BCUT2D eigenvalue weighted by Gasteiger charge is -2.15. The molecule has 0 heterocycles. The molecule has 1 atom stereocenters. The topological polar surface area (TPSA) is 47.6 Å². The fraction of sp³-hybridized carbons (Fsp3) is 0.240. The molecular formula is C25H27NO3. The highest BCUT2D eigenvalue weighted by atomic mass is 16.5. The van der Waals surface area contributed by atoms with Crippen molar-refractivity contribution >= 4 is 5.91 Å². The highest BCUT2D eigenvalue weighted by Gasteiger charge is 2.11. The van der Waals surface area contributed by atoms with Crippen LogP contribution in [-0.2, 0) is 13.0 Å². The molecule has 1 amide bonds. The van der Waals surface area contributed by atoms with Crippen molar-refractivity contribution in [2.24, 2.45) is 0 Å². The monoisotopic (exact) mass is 389 g/mol. The van der Waals surface area contributed by atoms with Crippen LogP contribution in [0.5, 0.6) is 11.5 Å². The maximum Gasteiger partial charge on any atom is 0.251 e. The largest absolute Gasteiger partial charge is 0.494 e. The van der Waals surface area contributed by atoms with E-state index in [-0.39, 0.29) is 11.9 Å². The van der Waals surface area contributed by atoms with Crippen LogP contribution in [-0.4, -0.2) is 18.6 Å². The van der Waals surface area contributed by atoms with Crippen molar-refractivity contribution in [2.45, 2.75) is 32.9 Å². The van der Waals surface area contributed by atoms with Gasteiger partial charge in [0.25, 0.3) is 5.91 Å². The quantitative estimate of drug-likeness (QED) is 0.559. The molecular weight excluding hydrogens is 362 g/mol. The number of amides is 1. The number of rotatable bonds is 9. The van der Waals surface area contributed by atoms with Gasteiger partial charge in [0.05, 0.1) is 6.61 Å². The first kappa shape index (κ1) is 20.5. The van der Waals surface area contributed by atoms with Crippen molar-refractivity contribution in [1.29, 1.82) is 0 Å². The number of benzene rings is 3. The second-order valence-corrected chi connectivity index (χ2v) is 6.96. The van der Waals surface area contributed by atoms with Gasteiger partial charge in [-0.2, -0.15) is 0 Å². The fourth-order valence-electron chi connectivity index (χ4n) is 3.07. The Bertz CT molecular complexity index is 907. The van der Waals surface area contributed by atoms with E-state index in [1.165, 1.54) is 0 Å². The van der Waals surface area contributed by atoms with Crippen LogP contribution in [0.4, 0.5) is 0 Å². The summed E-state index contributed by atoms with van der Waals surface area (Å²) < 4.78 is 11.3. The summed E-state index contributed by atoms with van der Waals surface area (Å²) in [5.41, 5.74) is 2.89. The Morgan fingerprint density at radius 2 is 1.62 bits per heavy atom. The van der Waals surface area contributed by atoms with E-state index in [0.29, 0.717) is 24.5 Å². The molecule has 1 N–H and O–H groups in total. The third-order valence-electron chi connectivity index (χ3n) is 4.50. The Hall–Kier alpha value is -3.27. The van der Waals surface area contributed by atoms with Crippen LogP contribution >= 0.6 is 0 Å². The first-order chi connectivity index (χ1) is 14.1. The predicted octanol–water partition coefficient (Wildman–Crippen LogP) is 5.03. The number of hydrogen-bond donors (Lipinski definition) is 1. The molecule has 4 nitrogen and oxygen atoms in total. The molecule has 0 aliphatic rings. The third kappa shape index (κ3) is 6.39. The SMILES string of the molecule is CCOc1cccc(C(=O)NC(C)Cc2ccc(OCc3ccccc3)cc2)c1. The average Bonchev–Trinajstić information content (AvgIpc) is 2.74. The minimum absolute atomic E-state index is 0.00865. The van der Waals surface area contributed by atoms with Crippen LogP contribution in [0.2, 0.25) is 0 Å². The highest BCUT2D eigenvalue weighted by Crippen LogP contribution is 2.16.